The lowest BCUT2D eigenvalue weighted by molar-refractivity contribution is -0.148. The number of benzene rings is 1. The first-order valence-corrected chi connectivity index (χ1v) is 12.5. The highest BCUT2D eigenvalue weighted by molar-refractivity contribution is 9.09. The van der Waals surface area contributed by atoms with Gasteiger partial charge < -0.3 is 19.7 Å². The van der Waals surface area contributed by atoms with Gasteiger partial charge in [0.15, 0.2) is 0 Å². The zero-order chi connectivity index (χ0) is 24.1. The van der Waals surface area contributed by atoms with Crippen LogP contribution in [0.1, 0.15) is 29.7 Å². The summed E-state index contributed by atoms with van der Waals surface area (Å²) in [5, 5.41) is 24.4. The number of aliphatic hydroxyl groups is 1. The standard InChI is InChI=1S/C26H30BrN5O2/c1-3-5-23(10-21(12-27)16-31-17-26(25(31)33)8-4-9-30-26)34-24-11-20(6-7-22(24)13-28)15-32-18-29-14-19(32)2/h3,5-7,10-11,14,18,25,30,33H,1,4,8-9,12,15-17H2,2H3/b21-10+,23-5+/t25?,26-/m1/s1. The van der Waals surface area contributed by atoms with Crippen LogP contribution in [0.3, 0.4) is 0 Å². The summed E-state index contributed by atoms with van der Waals surface area (Å²) in [6.45, 7) is 8.87. The van der Waals surface area contributed by atoms with E-state index in [0.29, 0.717) is 35.5 Å². The largest absolute Gasteiger partial charge is 0.456 e. The van der Waals surface area contributed by atoms with E-state index >= 15 is 0 Å². The van der Waals surface area contributed by atoms with E-state index in [0.717, 1.165) is 42.8 Å². The Kier molecular flexibility index (Phi) is 7.69. The number of alkyl halides is 1. The van der Waals surface area contributed by atoms with Gasteiger partial charge in [0.25, 0.3) is 0 Å². The minimum absolute atomic E-state index is 0.149. The minimum Gasteiger partial charge on any atom is -0.456 e. The summed E-state index contributed by atoms with van der Waals surface area (Å²) in [5.74, 6) is 1.08. The topological polar surface area (TPSA) is 86.3 Å². The third-order valence-electron chi connectivity index (χ3n) is 6.48. The number of allylic oxidation sites excluding steroid dienone is 3. The Balaban J connectivity index is 1.50. The fourth-order valence-corrected chi connectivity index (χ4v) is 4.97. The maximum Gasteiger partial charge on any atom is 0.145 e. The monoisotopic (exact) mass is 523 g/mol. The lowest BCUT2D eigenvalue weighted by Gasteiger charge is -2.53. The van der Waals surface area contributed by atoms with E-state index < -0.39 is 6.23 Å². The second kappa shape index (κ2) is 10.7. The van der Waals surface area contributed by atoms with E-state index in [1.165, 1.54) is 0 Å². The van der Waals surface area contributed by atoms with Crippen LogP contribution in [0.25, 0.3) is 0 Å². The highest BCUT2D eigenvalue weighted by Crippen LogP contribution is 2.35. The Morgan fingerprint density at radius 1 is 1.50 bits per heavy atom. The van der Waals surface area contributed by atoms with Gasteiger partial charge in [-0.1, -0.05) is 34.7 Å². The fourth-order valence-electron chi connectivity index (χ4n) is 4.63. The van der Waals surface area contributed by atoms with Crippen molar-refractivity contribution in [2.24, 2.45) is 0 Å². The van der Waals surface area contributed by atoms with Crippen LogP contribution in [0.2, 0.25) is 0 Å². The van der Waals surface area contributed by atoms with Crippen molar-refractivity contribution in [1.82, 2.24) is 19.8 Å². The minimum atomic E-state index is -0.487. The number of rotatable bonds is 9. The van der Waals surface area contributed by atoms with Gasteiger partial charge >= 0.3 is 0 Å². The number of nitriles is 1. The molecule has 1 unspecified atom stereocenters. The summed E-state index contributed by atoms with van der Waals surface area (Å²) >= 11 is 3.58. The van der Waals surface area contributed by atoms with E-state index in [1.807, 2.05) is 35.9 Å². The molecule has 0 saturated carbocycles. The molecule has 1 aromatic carbocycles. The van der Waals surface area contributed by atoms with Crippen molar-refractivity contribution in [1.29, 1.82) is 5.26 Å². The molecule has 0 aliphatic carbocycles. The molecular formula is C26H30BrN5O2. The maximum atomic E-state index is 10.7. The number of nitrogens with zero attached hydrogens (tertiary/aromatic N) is 4. The van der Waals surface area contributed by atoms with Crippen LogP contribution in [0.5, 0.6) is 5.75 Å². The van der Waals surface area contributed by atoms with Crippen molar-refractivity contribution in [2.45, 2.75) is 38.1 Å². The van der Waals surface area contributed by atoms with Crippen molar-refractivity contribution in [2.75, 3.05) is 25.0 Å². The highest BCUT2D eigenvalue weighted by atomic mass is 79.9. The molecule has 2 aromatic rings. The van der Waals surface area contributed by atoms with Crippen LogP contribution in [0.4, 0.5) is 0 Å². The third-order valence-corrected chi connectivity index (χ3v) is 7.20. The Morgan fingerprint density at radius 2 is 2.35 bits per heavy atom. The Hall–Kier alpha value is -2.70. The van der Waals surface area contributed by atoms with Gasteiger partial charge in [-0.25, -0.2) is 4.98 Å². The molecule has 178 valence electrons. The molecule has 2 atom stereocenters. The molecule has 2 fully saturated rings. The van der Waals surface area contributed by atoms with Gasteiger partial charge in [0, 0.05) is 36.9 Å². The van der Waals surface area contributed by atoms with E-state index in [4.69, 9.17) is 4.74 Å². The quantitative estimate of drug-likeness (QED) is 0.296. The molecule has 0 radical (unpaired) electrons. The molecule has 34 heavy (non-hydrogen) atoms. The van der Waals surface area contributed by atoms with Crippen LogP contribution in [-0.4, -0.2) is 56.3 Å². The lowest BCUT2D eigenvalue weighted by atomic mass is 9.85. The van der Waals surface area contributed by atoms with Gasteiger partial charge in [0.2, 0.25) is 0 Å². The summed E-state index contributed by atoms with van der Waals surface area (Å²) in [6, 6.07) is 7.82. The number of imidazole rings is 1. The van der Waals surface area contributed by atoms with Gasteiger partial charge in [-0.2, -0.15) is 5.26 Å². The number of halogens is 1. The molecule has 0 amide bonds. The fraction of sp³-hybridized carbons (Fsp3) is 0.385. The molecule has 8 heteroatoms. The number of hydrogen-bond donors (Lipinski definition) is 2. The first-order chi connectivity index (χ1) is 16.5. The van der Waals surface area contributed by atoms with Gasteiger partial charge in [-0.05, 0) is 61.7 Å². The molecule has 0 bridgehead atoms. The van der Waals surface area contributed by atoms with Gasteiger partial charge in [-0.3, -0.25) is 4.90 Å². The number of likely N-dealkylation sites (tertiary alicyclic amines) is 1. The number of aromatic nitrogens is 2. The Bertz CT molecular complexity index is 1140. The summed E-state index contributed by atoms with van der Waals surface area (Å²) in [5.41, 5.74) is 3.44. The third kappa shape index (κ3) is 5.18. The smallest absolute Gasteiger partial charge is 0.145 e. The first kappa shape index (κ1) is 24.4. The predicted molar refractivity (Wildman–Crippen MR) is 136 cm³/mol. The van der Waals surface area contributed by atoms with E-state index in [9.17, 15) is 10.4 Å². The average molecular weight is 524 g/mol. The van der Waals surface area contributed by atoms with Crippen molar-refractivity contribution in [3.63, 3.8) is 0 Å². The van der Waals surface area contributed by atoms with Gasteiger partial charge in [-0.15, -0.1) is 0 Å². The van der Waals surface area contributed by atoms with Crippen LogP contribution < -0.4 is 10.1 Å². The number of ether oxygens (including phenoxy) is 1. The second-order valence-electron chi connectivity index (χ2n) is 8.91. The highest BCUT2D eigenvalue weighted by Gasteiger charge is 2.52. The zero-order valence-electron chi connectivity index (χ0n) is 19.4. The van der Waals surface area contributed by atoms with Crippen molar-refractivity contribution in [3.8, 4) is 11.8 Å². The number of nitrogens with one attached hydrogen (secondary N) is 1. The average Bonchev–Trinajstić information content (AvgIpc) is 3.49. The summed E-state index contributed by atoms with van der Waals surface area (Å²) in [7, 11) is 0. The molecule has 4 rings (SSSR count). The van der Waals surface area contributed by atoms with Crippen LogP contribution in [0, 0.1) is 18.3 Å². The van der Waals surface area contributed by atoms with E-state index in [2.05, 4.69) is 43.8 Å². The maximum absolute atomic E-state index is 10.7. The molecule has 2 N–H and O–H groups in total. The lowest BCUT2D eigenvalue weighted by Crippen LogP contribution is -2.73. The van der Waals surface area contributed by atoms with Crippen molar-refractivity contribution >= 4 is 15.9 Å². The SMILES string of the molecule is C=C/C=C(\C=C(/CBr)CN1C[C@]2(CCCN2)C1O)Oc1cc(Cn2cncc2C)ccc1C#N. The molecule has 2 aliphatic heterocycles. The van der Waals surface area contributed by atoms with Crippen molar-refractivity contribution < 1.29 is 9.84 Å². The molecule has 3 heterocycles. The molecule has 1 spiro atoms. The van der Waals surface area contributed by atoms with E-state index in [-0.39, 0.29) is 5.54 Å². The van der Waals surface area contributed by atoms with Gasteiger partial charge in [0.05, 0.1) is 17.4 Å². The first-order valence-electron chi connectivity index (χ1n) is 11.4. The Morgan fingerprint density at radius 3 is 2.97 bits per heavy atom. The molecule has 2 aliphatic rings. The molecule has 2 saturated heterocycles. The van der Waals surface area contributed by atoms with Gasteiger partial charge in [0.1, 0.15) is 23.8 Å². The van der Waals surface area contributed by atoms with E-state index in [1.54, 1.807) is 24.5 Å². The summed E-state index contributed by atoms with van der Waals surface area (Å²) in [6.07, 6.45) is 10.6. The number of hydrogen-bond acceptors (Lipinski definition) is 6. The molecular weight excluding hydrogens is 494 g/mol. The van der Waals surface area contributed by atoms with Crippen LogP contribution >= 0.6 is 15.9 Å². The summed E-state index contributed by atoms with van der Waals surface area (Å²) < 4.78 is 8.25. The second-order valence-corrected chi connectivity index (χ2v) is 9.47. The molecule has 7 nitrogen and oxygen atoms in total. The Labute approximate surface area is 209 Å². The molecule has 1 aromatic heterocycles. The number of aliphatic hydroxyl groups excluding tert-OH is 1. The summed E-state index contributed by atoms with van der Waals surface area (Å²) in [4.78, 5) is 6.24. The zero-order valence-corrected chi connectivity index (χ0v) is 21.0. The normalized spacial score (nSPS) is 23.1. The predicted octanol–water partition coefficient (Wildman–Crippen LogP) is 3.64. The number of aryl methyl sites for hydroxylation is 1. The van der Waals surface area contributed by atoms with Crippen molar-refractivity contribution in [3.05, 3.63) is 83.7 Å². The van der Waals surface area contributed by atoms with Crippen LogP contribution in [0.15, 0.2) is 66.9 Å². The van der Waals surface area contributed by atoms with Crippen LogP contribution in [-0.2, 0) is 6.54 Å².